The Kier molecular flexibility index (Phi) is 4.59. The van der Waals surface area contributed by atoms with Crippen molar-refractivity contribution in [3.63, 3.8) is 0 Å². The van der Waals surface area contributed by atoms with Crippen LogP contribution >= 0.6 is 11.6 Å². The molecule has 6 heteroatoms. The quantitative estimate of drug-likeness (QED) is 0.715. The van der Waals surface area contributed by atoms with Crippen LogP contribution in [-0.2, 0) is 6.54 Å². The number of nitrogens with one attached hydrogen (secondary N) is 1. The predicted octanol–water partition coefficient (Wildman–Crippen LogP) is 4.13. The van der Waals surface area contributed by atoms with E-state index in [-0.39, 0.29) is 12.1 Å². The lowest BCUT2D eigenvalue weighted by atomic mass is 10.0. The molecule has 3 rings (SSSR count). The van der Waals surface area contributed by atoms with Gasteiger partial charge >= 0.3 is 5.63 Å². The molecule has 0 aliphatic carbocycles. The van der Waals surface area contributed by atoms with E-state index >= 15 is 0 Å². The first-order valence-electron chi connectivity index (χ1n) is 7.63. The first kappa shape index (κ1) is 17.2. The predicted molar refractivity (Wildman–Crippen MR) is 94.5 cm³/mol. The van der Waals surface area contributed by atoms with Crippen molar-refractivity contribution in [3.8, 4) is 0 Å². The van der Waals surface area contributed by atoms with Crippen LogP contribution in [0.5, 0.6) is 0 Å². The second-order valence-corrected chi connectivity index (χ2v) is 6.17. The van der Waals surface area contributed by atoms with Gasteiger partial charge in [-0.05, 0) is 54.8 Å². The second-order valence-electron chi connectivity index (χ2n) is 5.79. The summed E-state index contributed by atoms with van der Waals surface area (Å²) in [6.45, 7) is 3.75. The minimum Gasteiger partial charge on any atom is -0.423 e. The van der Waals surface area contributed by atoms with Gasteiger partial charge in [0.05, 0.1) is 0 Å². The fraction of sp³-hybridized carbons (Fsp3) is 0.158. The highest BCUT2D eigenvalue weighted by molar-refractivity contribution is 6.33. The molecule has 2 aromatic carbocycles. The van der Waals surface area contributed by atoms with Crippen LogP contribution in [0.4, 0.5) is 4.39 Å². The third-order valence-corrected chi connectivity index (χ3v) is 4.58. The molecule has 0 aliphatic heterocycles. The molecule has 0 spiro atoms. The molecule has 3 aromatic rings. The van der Waals surface area contributed by atoms with Crippen LogP contribution in [0.25, 0.3) is 11.0 Å². The summed E-state index contributed by atoms with van der Waals surface area (Å²) >= 11 is 6.30. The molecule has 0 saturated heterocycles. The molecule has 4 nitrogen and oxygen atoms in total. The Morgan fingerprint density at radius 1 is 1.24 bits per heavy atom. The number of rotatable bonds is 3. The normalized spacial score (nSPS) is 10.9. The number of carbonyl (C=O) groups excluding carboxylic acids is 1. The lowest BCUT2D eigenvalue weighted by Crippen LogP contribution is -2.23. The zero-order chi connectivity index (χ0) is 18.1. The molecule has 1 amide bonds. The first-order chi connectivity index (χ1) is 11.9. The Hall–Kier alpha value is -2.66. The van der Waals surface area contributed by atoms with Crippen molar-refractivity contribution in [1.29, 1.82) is 0 Å². The van der Waals surface area contributed by atoms with Gasteiger partial charge in [0.25, 0.3) is 5.91 Å². The summed E-state index contributed by atoms with van der Waals surface area (Å²) in [4.78, 5) is 24.0. The summed E-state index contributed by atoms with van der Waals surface area (Å²) in [5.74, 6) is -0.923. The summed E-state index contributed by atoms with van der Waals surface area (Å²) < 4.78 is 18.5. The lowest BCUT2D eigenvalue weighted by molar-refractivity contribution is 0.0950. The molecule has 0 unspecified atom stereocenters. The van der Waals surface area contributed by atoms with Crippen molar-refractivity contribution < 1.29 is 13.6 Å². The van der Waals surface area contributed by atoms with Crippen molar-refractivity contribution in [2.75, 3.05) is 0 Å². The Morgan fingerprint density at radius 2 is 2.00 bits per heavy atom. The van der Waals surface area contributed by atoms with Crippen LogP contribution < -0.4 is 10.9 Å². The van der Waals surface area contributed by atoms with Crippen molar-refractivity contribution in [2.24, 2.45) is 0 Å². The summed E-state index contributed by atoms with van der Waals surface area (Å²) in [6, 6.07) is 8.42. The topological polar surface area (TPSA) is 59.3 Å². The first-order valence-corrected chi connectivity index (χ1v) is 8.01. The number of aryl methyl sites for hydroxylation is 2. The maximum absolute atomic E-state index is 13.2. The van der Waals surface area contributed by atoms with Gasteiger partial charge in [-0.1, -0.05) is 17.7 Å². The van der Waals surface area contributed by atoms with Crippen molar-refractivity contribution >= 4 is 28.5 Å². The van der Waals surface area contributed by atoms with Gasteiger partial charge in [0, 0.05) is 28.6 Å². The van der Waals surface area contributed by atoms with Crippen molar-refractivity contribution in [3.05, 3.63) is 79.9 Å². The SMILES string of the molecule is Cc1cc2oc(=O)cc(CNC(=O)c3cccc(F)c3)c2c(C)c1Cl. The molecular formula is C19H15ClFNO3. The zero-order valence-electron chi connectivity index (χ0n) is 13.7. The number of carbonyl (C=O) groups is 1. The zero-order valence-corrected chi connectivity index (χ0v) is 14.4. The number of hydrogen-bond donors (Lipinski definition) is 1. The summed E-state index contributed by atoms with van der Waals surface area (Å²) in [7, 11) is 0. The molecule has 0 fully saturated rings. The molecule has 0 atom stereocenters. The summed E-state index contributed by atoms with van der Waals surface area (Å²) in [5.41, 5.74) is 2.28. The van der Waals surface area contributed by atoms with E-state index in [4.69, 9.17) is 16.0 Å². The fourth-order valence-electron chi connectivity index (χ4n) is 2.80. The van der Waals surface area contributed by atoms with Gasteiger partial charge in [-0.2, -0.15) is 0 Å². The monoisotopic (exact) mass is 359 g/mol. The molecule has 1 aromatic heterocycles. The Bertz CT molecular complexity index is 1040. The van der Waals surface area contributed by atoms with E-state index in [9.17, 15) is 14.0 Å². The number of halogens is 2. The maximum Gasteiger partial charge on any atom is 0.336 e. The van der Waals surface area contributed by atoms with E-state index in [1.807, 2.05) is 13.8 Å². The van der Waals surface area contributed by atoms with Gasteiger partial charge < -0.3 is 9.73 Å². The van der Waals surface area contributed by atoms with Crippen LogP contribution in [0.15, 0.2) is 45.6 Å². The molecule has 1 heterocycles. The smallest absolute Gasteiger partial charge is 0.336 e. The van der Waals surface area contributed by atoms with Crippen LogP contribution in [0.3, 0.4) is 0 Å². The van der Waals surface area contributed by atoms with Gasteiger partial charge in [0.2, 0.25) is 0 Å². The molecule has 25 heavy (non-hydrogen) atoms. The minimum absolute atomic E-state index is 0.0949. The van der Waals surface area contributed by atoms with Crippen molar-refractivity contribution in [2.45, 2.75) is 20.4 Å². The highest BCUT2D eigenvalue weighted by Gasteiger charge is 2.14. The molecule has 0 aliphatic rings. The van der Waals surface area contributed by atoms with E-state index in [2.05, 4.69) is 5.32 Å². The molecule has 0 bridgehead atoms. The number of benzene rings is 2. The number of fused-ring (bicyclic) bond motifs is 1. The molecule has 0 radical (unpaired) electrons. The highest BCUT2D eigenvalue weighted by Crippen LogP contribution is 2.30. The van der Waals surface area contributed by atoms with Crippen molar-refractivity contribution in [1.82, 2.24) is 5.32 Å². The van der Waals surface area contributed by atoms with E-state index < -0.39 is 17.3 Å². The molecule has 128 valence electrons. The minimum atomic E-state index is -0.511. The van der Waals surface area contributed by atoms with Gasteiger partial charge in [0.15, 0.2) is 0 Å². The lowest BCUT2D eigenvalue weighted by Gasteiger charge is -2.12. The van der Waals surface area contributed by atoms with E-state index in [1.165, 1.54) is 24.3 Å². The van der Waals surface area contributed by atoms with Gasteiger partial charge in [0.1, 0.15) is 11.4 Å². The molecule has 0 saturated carbocycles. The van der Waals surface area contributed by atoms with Crippen LogP contribution in [0.2, 0.25) is 5.02 Å². The van der Waals surface area contributed by atoms with E-state index in [1.54, 1.807) is 6.07 Å². The summed E-state index contributed by atoms with van der Waals surface area (Å²) in [5, 5.41) is 3.97. The largest absolute Gasteiger partial charge is 0.423 e. The molecule has 1 N–H and O–H groups in total. The van der Waals surface area contributed by atoms with Crippen LogP contribution in [0, 0.1) is 19.7 Å². The Labute approximate surface area is 148 Å². The third kappa shape index (κ3) is 3.42. The van der Waals surface area contributed by atoms with E-state index in [0.717, 1.165) is 17.2 Å². The highest BCUT2D eigenvalue weighted by atomic mass is 35.5. The Balaban J connectivity index is 1.97. The van der Waals surface area contributed by atoms with Crippen LogP contribution in [-0.4, -0.2) is 5.91 Å². The molecular weight excluding hydrogens is 345 g/mol. The third-order valence-electron chi connectivity index (χ3n) is 3.99. The maximum atomic E-state index is 13.2. The number of hydrogen-bond acceptors (Lipinski definition) is 3. The fourth-order valence-corrected chi connectivity index (χ4v) is 2.95. The van der Waals surface area contributed by atoms with Gasteiger partial charge in [-0.25, -0.2) is 9.18 Å². The average Bonchev–Trinajstić information content (AvgIpc) is 2.57. The van der Waals surface area contributed by atoms with Crippen LogP contribution in [0.1, 0.15) is 27.0 Å². The van der Waals surface area contributed by atoms with E-state index in [0.29, 0.717) is 21.6 Å². The second kappa shape index (κ2) is 6.69. The summed E-state index contributed by atoms with van der Waals surface area (Å²) in [6.07, 6.45) is 0. The standard InChI is InChI=1S/C19H15ClFNO3/c1-10-6-15-17(11(2)18(10)20)13(8-16(23)25-15)9-22-19(24)12-4-3-5-14(21)7-12/h3-8H,9H2,1-2H3,(H,22,24). The average molecular weight is 360 g/mol. The van der Waals surface area contributed by atoms with Gasteiger partial charge in [-0.15, -0.1) is 0 Å². The van der Waals surface area contributed by atoms with Gasteiger partial charge in [-0.3, -0.25) is 4.79 Å². The Morgan fingerprint density at radius 3 is 2.72 bits per heavy atom. The number of amides is 1.